The first-order valence-corrected chi connectivity index (χ1v) is 5.87. The van der Waals surface area contributed by atoms with Crippen LogP contribution in [0.15, 0.2) is 6.20 Å². The number of nitrogens with zero attached hydrogens (tertiary/aromatic N) is 4. The highest BCUT2D eigenvalue weighted by atomic mass is 16.5. The molecule has 0 amide bonds. The van der Waals surface area contributed by atoms with Crippen molar-refractivity contribution in [2.24, 2.45) is 0 Å². The molecule has 0 radical (unpaired) electrons. The first-order chi connectivity index (χ1) is 8.70. The number of H-pyrrole nitrogens is 1. The molecule has 18 heavy (non-hydrogen) atoms. The minimum absolute atomic E-state index is 0.523. The number of aromatic amines is 1. The van der Waals surface area contributed by atoms with Crippen molar-refractivity contribution in [2.45, 2.75) is 6.42 Å². The Morgan fingerprint density at radius 2 is 2.22 bits per heavy atom. The van der Waals surface area contributed by atoms with Crippen molar-refractivity contribution in [3.05, 3.63) is 6.20 Å². The zero-order valence-electron chi connectivity index (χ0n) is 10.9. The van der Waals surface area contributed by atoms with E-state index in [4.69, 9.17) is 4.74 Å². The van der Waals surface area contributed by atoms with Crippen LogP contribution in [-0.2, 0) is 0 Å². The van der Waals surface area contributed by atoms with Gasteiger partial charge in [0.2, 0.25) is 11.8 Å². The zero-order chi connectivity index (χ0) is 13.0. The van der Waals surface area contributed by atoms with Gasteiger partial charge in [-0.25, -0.2) is 0 Å². The van der Waals surface area contributed by atoms with E-state index in [0.717, 1.165) is 18.4 Å². The van der Waals surface area contributed by atoms with Crippen LogP contribution < -0.4 is 10.1 Å². The lowest BCUT2D eigenvalue weighted by atomic mass is 10.4. The Morgan fingerprint density at radius 1 is 1.39 bits per heavy atom. The van der Waals surface area contributed by atoms with Gasteiger partial charge >= 0.3 is 0 Å². The molecule has 7 nitrogen and oxygen atoms in total. The molecule has 2 aromatic rings. The normalized spacial score (nSPS) is 11.1. The number of rotatable bonds is 6. The summed E-state index contributed by atoms with van der Waals surface area (Å²) in [5, 5.41) is 10.5. The number of anilines is 1. The predicted octanol–water partition coefficient (Wildman–Crippen LogP) is 0.725. The highest BCUT2D eigenvalue weighted by Gasteiger charge is 2.09. The van der Waals surface area contributed by atoms with Crippen LogP contribution in [0.25, 0.3) is 11.0 Å². The maximum Gasteiger partial charge on any atom is 0.229 e. The second kappa shape index (κ2) is 5.63. The molecule has 0 spiro atoms. The molecule has 0 aliphatic heterocycles. The number of hydrogen-bond acceptors (Lipinski definition) is 6. The molecule has 0 aromatic carbocycles. The average Bonchev–Trinajstić information content (AvgIpc) is 2.82. The summed E-state index contributed by atoms with van der Waals surface area (Å²) in [5.74, 6) is 1.09. The molecule has 7 heteroatoms. The Bertz CT molecular complexity index is 509. The fourth-order valence-corrected chi connectivity index (χ4v) is 1.58. The van der Waals surface area contributed by atoms with Crippen molar-refractivity contribution in [3.63, 3.8) is 0 Å². The molecule has 0 unspecified atom stereocenters. The lowest BCUT2D eigenvalue weighted by Gasteiger charge is -2.10. The molecule has 0 aliphatic carbocycles. The molecule has 0 fully saturated rings. The van der Waals surface area contributed by atoms with Gasteiger partial charge in [-0.3, -0.25) is 5.10 Å². The summed E-state index contributed by atoms with van der Waals surface area (Å²) in [4.78, 5) is 10.7. The average molecular weight is 250 g/mol. The molecule has 0 bridgehead atoms. The summed E-state index contributed by atoms with van der Waals surface area (Å²) in [6.07, 6.45) is 2.63. The number of hydrogen-bond donors (Lipinski definition) is 2. The molecule has 0 saturated carbocycles. The molecule has 0 aliphatic rings. The van der Waals surface area contributed by atoms with E-state index in [1.165, 1.54) is 0 Å². The molecule has 0 atom stereocenters. The van der Waals surface area contributed by atoms with Gasteiger partial charge in [-0.1, -0.05) is 0 Å². The second-order valence-corrected chi connectivity index (χ2v) is 4.24. The van der Waals surface area contributed by atoms with Gasteiger partial charge in [0, 0.05) is 13.6 Å². The van der Waals surface area contributed by atoms with Crippen LogP contribution in [0.5, 0.6) is 5.88 Å². The second-order valence-electron chi connectivity index (χ2n) is 4.24. The van der Waals surface area contributed by atoms with Crippen molar-refractivity contribution in [1.29, 1.82) is 0 Å². The minimum Gasteiger partial charge on any atom is -0.477 e. The van der Waals surface area contributed by atoms with Crippen LogP contribution >= 0.6 is 0 Å². The molecule has 2 N–H and O–H groups in total. The van der Waals surface area contributed by atoms with E-state index in [1.807, 2.05) is 14.1 Å². The zero-order valence-corrected chi connectivity index (χ0v) is 10.9. The Balaban J connectivity index is 2.08. The number of nitrogens with one attached hydrogen (secondary N) is 2. The Hall–Kier alpha value is -1.89. The summed E-state index contributed by atoms with van der Waals surface area (Å²) in [6, 6.07) is 0. The molecule has 98 valence electrons. The molecule has 2 rings (SSSR count). The van der Waals surface area contributed by atoms with E-state index >= 15 is 0 Å². The fraction of sp³-hybridized carbons (Fsp3) is 0.545. The third kappa shape index (κ3) is 2.86. The quantitative estimate of drug-likeness (QED) is 0.736. The maximum absolute atomic E-state index is 5.69. The fourth-order valence-electron chi connectivity index (χ4n) is 1.58. The van der Waals surface area contributed by atoms with Crippen LogP contribution in [0, 0.1) is 0 Å². The lowest BCUT2D eigenvalue weighted by molar-refractivity contribution is 0.276. The van der Waals surface area contributed by atoms with Gasteiger partial charge in [-0.2, -0.15) is 15.1 Å². The Morgan fingerprint density at radius 3 is 2.94 bits per heavy atom. The predicted molar refractivity (Wildman–Crippen MR) is 69.9 cm³/mol. The first-order valence-electron chi connectivity index (χ1n) is 5.87. The largest absolute Gasteiger partial charge is 0.477 e. The van der Waals surface area contributed by atoms with E-state index in [9.17, 15) is 0 Å². The van der Waals surface area contributed by atoms with Crippen molar-refractivity contribution in [1.82, 2.24) is 25.1 Å². The number of aromatic nitrogens is 4. The van der Waals surface area contributed by atoms with E-state index < -0.39 is 0 Å². The van der Waals surface area contributed by atoms with Crippen molar-refractivity contribution in [3.8, 4) is 5.88 Å². The van der Waals surface area contributed by atoms with Gasteiger partial charge in [0.25, 0.3) is 0 Å². The summed E-state index contributed by atoms with van der Waals surface area (Å²) in [5.41, 5.74) is 0.678. The van der Waals surface area contributed by atoms with Gasteiger partial charge in [-0.15, -0.1) is 0 Å². The van der Waals surface area contributed by atoms with Crippen LogP contribution in [0.4, 0.5) is 5.95 Å². The lowest BCUT2D eigenvalue weighted by Crippen LogP contribution is -2.15. The van der Waals surface area contributed by atoms with Crippen LogP contribution in [-0.4, -0.2) is 59.4 Å². The third-order valence-electron chi connectivity index (χ3n) is 2.49. The summed E-state index contributed by atoms with van der Waals surface area (Å²) < 4.78 is 5.69. The topological polar surface area (TPSA) is 79.0 Å². The Kier molecular flexibility index (Phi) is 3.93. The number of fused-ring (bicyclic) bond motifs is 1. The third-order valence-corrected chi connectivity index (χ3v) is 2.49. The summed E-state index contributed by atoms with van der Waals surface area (Å²) >= 11 is 0. The van der Waals surface area contributed by atoms with Gasteiger partial charge in [-0.05, 0) is 20.5 Å². The standard InChI is InChI=1S/C11H18N6O/c1-12-11-14-9-8(7-13-16-9)10(15-11)18-6-4-5-17(2)3/h7H,4-6H2,1-3H3,(H2,12,13,14,15,16). The molecular formula is C11H18N6O. The van der Waals surface area contributed by atoms with Crippen LogP contribution in [0.3, 0.4) is 0 Å². The number of ether oxygens (including phenoxy) is 1. The van der Waals surface area contributed by atoms with E-state index in [0.29, 0.717) is 24.1 Å². The summed E-state index contributed by atoms with van der Waals surface area (Å²) in [7, 11) is 5.85. The van der Waals surface area contributed by atoms with E-state index in [-0.39, 0.29) is 0 Å². The molecule has 2 heterocycles. The Labute approximate surface area is 106 Å². The first kappa shape index (κ1) is 12.6. The van der Waals surface area contributed by atoms with Crippen LogP contribution in [0.1, 0.15) is 6.42 Å². The van der Waals surface area contributed by atoms with Gasteiger partial charge in [0.15, 0.2) is 5.65 Å². The smallest absolute Gasteiger partial charge is 0.229 e. The molecule has 2 aromatic heterocycles. The van der Waals surface area contributed by atoms with Gasteiger partial charge in [0.1, 0.15) is 5.39 Å². The molecule has 0 saturated heterocycles. The SMILES string of the molecule is CNc1nc(OCCCN(C)C)c2cn[nH]c2n1. The summed E-state index contributed by atoms with van der Waals surface area (Å²) in [6.45, 7) is 1.61. The van der Waals surface area contributed by atoms with Crippen molar-refractivity contribution < 1.29 is 4.74 Å². The van der Waals surface area contributed by atoms with Gasteiger partial charge in [0.05, 0.1) is 12.8 Å². The van der Waals surface area contributed by atoms with Gasteiger partial charge < -0.3 is 15.0 Å². The minimum atomic E-state index is 0.523. The van der Waals surface area contributed by atoms with Crippen molar-refractivity contribution in [2.75, 3.05) is 39.6 Å². The van der Waals surface area contributed by atoms with E-state index in [2.05, 4.69) is 30.4 Å². The monoisotopic (exact) mass is 250 g/mol. The van der Waals surface area contributed by atoms with Crippen LogP contribution in [0.2, 0.25) is 0 Å². The highest BCUT2D eigenvalue weighted by molar-refractivity contribution is 5.80. The highest BCUT2D eigenvalue weighted by Crippen LogP contribution is 2.21. The molecular weight excluding hydrogens is 232 g/mol. The van der Waals surface area contributed by atoms with E-state index in [1.54, 1.807) is 13.2 Å². The van der Waals surface area contributed by atoms with Crippen molar-refractivity contribution >= 4 is 17.0 Å². The maximum atomic E-state index is 5.69.